The SMILES string of the molecule is O=C(CSCc1ccc(Cl)s1)NCC1(O)CCCCCC1. The van der Waals surface area contributed by atoms with Gasteiger partial charge in [0, 0.05) is 17.2 Å². The number of nitrogens with one attached hydrogen (secondary N) is 1. The Morgan fingerprint density at radius 2 is 2.05 bits per heavy atom. The molecule has 1 amide bonds. The predicted molar refractivity (Wildman–Crippen MR) is 91.2 cm³/mol. The molecule has 1 aliphatic carbocycles. The van der Waals surface area contributed by atoms with Crippen molar-refractivity contribution in [3.8, 4) is 0 Å². The number of thioether (sulfide) groups is 1. The Hall–Kier alpha value is -0.230. The number of thiophene rings is 1. The number of carbonyl (C=O) groups is 1. The predicted octanol–water partition coefficient (Wildman–Crippen LogP) is 3.84. The van der Waals surface area contributed by atoms with Gasteiger partial charge >= 0.3 is 0 Å². The van der Waals surface area contributed by atoms with Gasteiger partial charge in [-0.3, -0.25) is 4.79 Å². The molecule has 118 valence electrons. The summed E-state index contributed by atoms with van der Waals surface area (Å²) in [6.45, 7) is 0.386. The largest absolute Gasteiger partial charge is 0.388 e. The van der Waals surface area contributed by atoms with E-state index in [1.54, 1.807) is 23.1 Å². The summed E-state index contributed by atoms with van der Waals surface area (Å²) >= 11 is 8.99. The van der Waals surface area contributed by atoms with E-state index in [4.69, 9.17) is 11.6 Å². The van der Waals surface area contributed by atoms with Crippen LogP contribution in [0, 0.1) is 0 Å². The van der Waals surface area contributed by atoms with Crippen molar-refractivity contribution in [1.29, 1.82) is 0 Å². The van der Waals surface area contributed by atoms with Gasteiger partial charge in [0.25, 0.3) is 0 Å². The normalized spacial score (nSPS) is 18.2. The molecule has 2 N–H and O–H groups in total. The first-order valence-corrected chi connectivity index (χ1v) is 9.73. The summed E-state index contributed by atoms with van der Waals surface area (Å²) in [7, 11) is 0. The van der Waals surface area contributed by atoms with Gasteiger partial charge in [-0.2, -0.15) is 0 Å². The Kier molecular flexibility index (Phi) is 6.86. The molecule has 1 fully saturated rings. The lowest BCUT2D eigenvalue weighted by Gasteiger charge is -2.26. The third kappa shape index (κ3) is 6.19. The quantitative estimate of drug-likeness (QED) is 0.769. The Labute approximate surface area is 139 Å². The summed E-state index contributed by atoms with van der Waals surface area (Å²) < 4.78 is 0.783. The van der Waals surface area contributed by atoms with Gasteiger partial charge in [0.15, 0.2) is 0 Å². The highest BCUT2D eigenvalue weighted by molar-refractivity contribution is 7.99. The number of aliphatic hydroxyl groups is 1. The Balaban J connectivity index is 1.64. The molecule has 1 aromatic rings. The van der Waals surface area contributed by atoms with Crippen molar-refractivity contribution in [1.82, 2.24) is 5.32 Å². The first-order valence-electron chi connectivity index (χ1n) is 7.38. The first kappa shape index (κ1) is 17.1. The zero-order chi connectivity index (χ0) is 15.1. The van der Waals surface area contributed by atoms with Crippen LogP contribution in [-0.2, 0) is 10.5 Å². The number of carbonyl (C=O) groups excluding carboxylic acids is 1. The van der Waals surface area contributed by atoms with Crippen LogP contribution in [0.4, 0.5) is 0 Å². The van der Waals surface area contributed by atoms with E-state index < -0.39 is 5.60 Å². The molecule has 0 aromatic carbocycles. The minimum Gasteiger partial charge on any atom is -0.388 e. The summed E-state index contributed by atoms with van der Waals surface area (Å²) in [4.78, 5) is 13.0. The lowest BCUT2D eigenvalue weighted by molar-refractivity contribution is -0.120. The molecule has 0 spiro atoms. The average Bonchev–Trinajstić information content (AvgIpc) is 2.74. The molecular formula is C15H22ClNO2S2. The fraction of sp³-hybridized carbons (Fsp3) is 0.667. The van der Waals surface area contributed by atoms with Crippen molar-refractivity contribution in [2.24, 2.45) is 0 Å². The van der Waals surface area contributed by atoms with Crippen LogP contribution in [0.15, 0.2) is 12.1 Å². The number of rotatable bonds is 6. The second kappa shape index (κ2) is 8.42. The maximum atomic E-state index is 11.8. The van der Waals surface area contributed by atoms with Crippen molar-refractivity contribution in [2.45, 2.75) is 49.9 Å². The van der Waals surface area contributed by atoms with Gasteiger partial charge in [-0.1, -0.05) is 37.3 Å². The first-order chi connectivity index (χ1) is 10.1. The van der Waals surface area contributed by atoms with E-state index in [1.807, 2.05) is 12.1 Å². The van der Waals surface area contributed by atoms with E-state index in [-0.39, 0.29) is 5.91 Å². The Bertz CT molecular complexity index is 456. The number of halogens is 1. The highest BCUT2D eigenvalue weighted by Gasteiger charge is 2.28. The van der Waals surface area contributed by atoms with Gasteiger partial charge in [-0.25, -0.2) is 0 Å². The van der Waals surface area contributed by atoms with Gasteiger partial charge in [0.1, 0.15) is 0 Å². The molecule has 0 atom stereocenters. The van der Waals surface area contributed by atoms with E-state index in [0.29, 0.717) is 12.3 Å². The molecule has 0 bridgehead atoms. The average molecular weight is 348 g/mol. The number of amides is 1. The van der Waals surface area contributed by atoms with Crippen LogP contribution < -0.4 is 5.32 Å². The van der Waals surface area contributed by atoms with Gasteiger partial charge < -0.3 is 10.4 Å². The monoisotopic (exact) mass is 347 g/mol. The molecule has 1 aliphatic rings. The molecule has 1 aromatic heterocycles. The van der Waals surface area contributed by atoms with Crippen LogP contribution in [0.5, 0.6) is 0 Å². The van der Waals surface area contributed by atoms with Crippen LogP contribution in [0.25, 0.3) is 0 Å². The van der Waals surface area contributed by atoms with E-state index >= 15 is 0 Å². The molecule has 21 heavy (non-hydrogen) atoms. The minimum atomic E-state index is -0.696. The van der Waals surface area contributed by atoms with Crippen molar-refractivity contribution in [3.05, 3.63) is 21.3 Å². The second-order valence-corrected chi connectivity index (χ2v) is 8.40. The topological polar surface area (TPSA) is 49.3 Å². The van der Waals surface area contributed by atoms with Crippen molar-refractivity contribution < 1.29 is 9.90 Å². The minimum absolute atomic E-state index is 0.000301. The fourth-order valence-corrected chi connectivity index (χ4v) is 4.61. The van der Waals surface area contributed by atoms with Crippen LogP contribution in [0.1, 0.15) is 43.4 Å². The van der Waals surface area contributed by atoms with E-state index in [1.165, 1.54) is 17.7 Å². The Morgan fingerprint density at radius 1 is 1.33 bits per heavy atom. The van der Waals surface area contributed by atoms with Crippen LogP contribution in [0.3, 0.4) is 0 Å². The standard InChI is InChI=1S/C15H22ClNO2S2/c16-13-6-5-12(21-13)9-20-10-14(18)17-11-15(19)7-3-1-2-4-8-15/h5-6,19H,1-4,7-11H2,(H,17,18). The number of hydrogen-bond acceptors (Lipinski definition) is 4. The van der Waals surface area contributed by atoms with Crippen molar-refractivity contribution in [2.75, 3.05) is 12.3 Å². The summed E-state index contributed by atoms with van der Waals surface area (Å²) in [5.74, 6) is 1.22. The third-order valence-corrected chi connectivity index (χ3v) is 6.15. The maximum absolute atomic E-state index is 11.8. The molecule has 0 radical (unpaired) electrons. The molecule has 3 nitrogen and oxygen atoms in total. The van der Waals surface area contributed by atoms with Crippen LogP contribution in [0.2, 0.25) is 4.34 Å². The van der Waals surface area contributed by atoms with Crippen molar-refractivity contribution >= 4 is 40.6 Å². The van der Waals surface area contributed by atoms with E-state index in [2.05, 4.69) is 5.32 Å². The van der Waals surface area contributed by atoms with Gasteiger partial charge in [0.05, 0.1) is 15.7 Å². The lowest BCUT2D eigenvalue weighted by Crippen LogP contribution is -2.43. The maximum Gasteiger partial charge on any atom is 0.230 e. The highest BCUT2D eigenvalue weighted by Crippen LogP contribution is 2.27. The smallest absolute Gasteiger partial charge is 0.230 e. The summed E-state index contributed by atoms with van der Waals surface area (Å²) in [5.41, 5.74) is -0.696. The molecule has 2 rings (SSSR count). The molecule has 1 saturated carbocycles. The zero-order valence-electron chi connectivity index (χ0n) is 12.1. The van der Waals surface area contributed by atoms with Gasteiger partial charge in [-0.05, 0) is 25.0 Å². The molecule has 0 unspecified atom stereocenters. The van der Waals surface area contributed by atoms with E-state index in [9.17, 15) is 9.90 Å². The molecule has 1 heterocycles. The third-order valence-electron chi connectivity index (χ3n) is 3.76. The fourth-order valence-electron chi connectivity index (χ4n) is 2.55. The van der Waals surface area contributed by atoms with E-state index in [0.717, 1.165) is 35.8 Å². The highest BCUT2D eigenvalue weighted by atomic mass is 35.5. The van der Waals surface area contributed by atoms with Gasteiger partial charge in [0.2, 0.25) is 5.91 Å². The number of hydrogen-bond donors (Lipinski definition) is 2. The Morgan fingerprint density at radius 3 is 2.67 bits per heavy atom. The lowest BCUT2D eigenvalue weighted by atomic mass is 9.94. The molecule has 0 saturated heterocycles. The summed E-state index contributed by atoms with van der Waals surface area (Å²) in [6, 6.07) is 3.87. The second-order valence-electron chi connectivity index (χ2n) is 5.61. The summed E-state index contributed by atoms with van der Waals surface area (Å²) in [5, 5.41) is 13.4. The van der Waals surface area contributed by atoms with Crippen LogP contribution in [-0.4, -0.2) is 28.9 Å². The van der Waals surface area contributed by atoms with Crippen LogP contribution >= 0.6 is 34.7 Å². The molecular weight excluding hydrogens is 326 g/mol. The molecule has 0 aliphatic heterocycles. The van der Waals surface area contributed by atoms with Gasteiger partial charge in [-0.15, -0.1) is 23.1 Å². The van der Waals surface area contributed by atoms with Crippen molar-refractivity contribution in [3.63, 3.8) is 0 Å². The molecule has 6 heteroatoms. The summed E-state index contributed by atoms with van der Waals surface area (Å²) in [6.07, 6.45) is 6.09. The zero-order valence-corrected chi connectivity index (χ0v) is 14.5.